The third-order valence-electron chi connectivity index (χ3n) is 3.01. The molecule has 0 fully saturated rings. The zero-order valence-corrected chi connectivity index (χ0v) is 11.6. The van der Waals surface area contributed by atoms with E-state index in [1.807, 2.05) is 37.3 Å². The zero-order valence-electron chi connectivity index (χ0n) is 11.6. The van der Waals surface area contributed by atoms with Crippen molar-refractivity contribution in [2.75, 3.05) is 11.9 Å². The first-order valence-electron chi connectivity index (χ1n) is 6.51. The summed E-state index contributed by atoms with van der Waals surface area (Å²) in [5.74, 6) is 0.403. The van der Waals surface area contributed by atoms with E-state index in [0.717, 1.165) is 16.9 Å². The molecule has 1 aromatic heterocycles. The van der Waals surface area contributed by atoms with Gasteiger partial charge in [0.2, 0.25) is 5.91 Å². The minimum Gasteiger partial charge on any atom is -0.330 e. The summed E-state index contributed by atoms with van der Waals surface area (Å²) in [7, 11) is 0. The Morgan fingerprint density at radius 3 is 2.60 bits per heavy atom. The largest absolute Gasteiger partial charge is 0.330 e. The second-order valence-electron chi connectivity index (χ2n) is 4.72. The smallest absolute Gasteiger partial charge is 0.228 e. The van der Waals surface area contributed by atoms with Gasteiger partial charge in [-0.1, -0.05) is 6.92 Å². The first-order valence-corrected chi connectivity index (χ1v) is 6.51. The molecule has 5 heteroatoms. The molecular formula is C15H18N4O. The number of aromatic nitrogens is 2. The number of nitrogens with zero attached hydrogens (tertiary/aromatic N) is 2. The molecule has 104 valence electrons. The van der Waals surface area contributed by atoms with E-state index in [4.69, 9.17) is 5.73 Å². The van der Waals surface area contributed by atoms with E-state index in [1.54, 1.807) is 13.1 Å². The summed E-state index contributed by atoms with van der Waals surface area (Å²) in [5, 5.41) is 2.82. The van der Waals surface area contributed by atoms with Gasteiger partial charge in [-0.2, -0.15) is 0 Å². The highest BCUT2D eigenvalue weighted by Gasteiger charge is 2.10. The molecule has 0 bridgehead atoms. The molecule has 2 aromatic rings. The maximum Gasteiger partial charge on any atom is 0.228 e. The zero-order chi connectivity index (χ0) is 14.5. The van der Waals surface area contributed by atoms with Gasteiger partial charge >= 0.3 is 0 Å². The molecule has 1 unspecified atom stereocenters. The Kier molecular flexibility index (Phi) is 4.42. The van der Waals surface area contributed by atoms with Crippen LogP contribution in [0.1, 0.15) is 12.6 Å². The third kappa shape index (κ3) is 3.39. The first-order chi connectivity index (χ1) is 9.60. The van der Waals surface area contributed by atoms with Crippen LogP contribution in [0, 0.1) is 12.8 Å². The lowest BCUT2D eigenvalue weighted by Gasteiger charge is -2.10. The van der Waals surface area contributed by atoms with E-state index in [2.05, 4.69) is 15.3 Å². The van der Waals surface area contributed by atoms with E-state index >= 15 is 0 Å². The molecular weight excluding hydrogens is 252 g/mol. The van der Waals surface area contributed by atoms with Gasteiger partial charge in [0.1, 0.15) is 0 Å². The van der Waals surface area contributed by atoms with Crippen LogP contribution in [0.2, 0.25) is 0 Å². The second-order valence-corrected chi connectivity index (χ2v) is 4.72. The number of anilines is 1. The normalized spacial score (nSPS) is 11.9. The van der Waals surface area contributed by atoms with Crippen molar-refractivity contribution in [3.05, 3.63) is 42.2 Å². The van der Waals surface area contributed by atoms with E-state index in [-0.39, 0.29) is 11.8 Å². The Bertz CT molecular complexity index is 595. The number of carbonyl (C=O) groups is 1. The van der Waals surface area contributed by atoms with Gasteiger partial charge in [0.25, 0.3) is 0 Å². The molecule has 0 spiro atoms. The van der Waals surface area contributed by atoms with Crippen LogP contribution in [0.25, 0.3) is 11.4 Å². The van der Waals surface area contributed by atoms with Crippen molar-refractivity contribution in [1.82, 2.24) is 9.97 Å². The highest BCUT2D eigenvalue weighted by Crippen LogP contribution is 2.18. The summed E-state index contributed by atoms with van der Waals surface area (Å²) in [6.45, 7) is 4.05. The number of carbonyl (C=O) groups excluding carboxylic acids is 1. The molecule has 3 N–H and O–H groups in total. The number of hydrogen-bond donors (Lipinski definition) is 2. The van der Waals surface area contributed by atoms with E-state index in [1.165, 1.54) is 0 Å². The van der Waals surface area contributed by atoms with E-state index < -0.39 is 0 Å². The van der Waals surface area contributed by atoms with Gasteiger partial charge in [0, 0.05) is 35.6 Å². The average Bonchev–Trinajstić information content (AvgIpc) is 2.47. The molecule has 1 amide bonds. The monoisotopic (exact) mass is 270 g/mol. The number of nitrogens with one attached hydrogen (secondary N) is 1. The fourth-order valence-corrected chi connectivity index (χ4v) is 1.66. The van der Waals surface area contributed by atoms with Crippen molar-refractivity contribution in [2.45, 2.75) is 13.8 Å². The van der Waals surface area contributed by atoms with Crippen LogP contribution in [0.5, 0.6) is 0 Å². The third-order valence-corrected chi connectivity index (χ3v) is 3.01. The van der Waals surface area contributed by atoms with Crippen LogP contribution in [0.3, 0.4) is 0 Å². The number of aryl methyl sites for hydroxylation is 1. The Morgan fingerprint density at radius 1 is 1.30 bits per heavy atom. The number of benzene rings is 1. The van der Waals surface area contributed by atoms with E-state index in [0.29, 0.717) is 12.4 Å². The molecule has 0 saturated carbocycles. The summed E-state index contributed by atoms with van der Waals surface area (Å²) in [4.78, 5) is 20.3. The molecule has 20 heavy (non-hydrogen) atoms. The predicted octanol–water partition coefficient (Wildman–Crippen LogP) is 1.99. The van der Waals surface area contributed by atoms with Gasteiger partial charge in [-0.15, -0.1) is 0 Å². The van der Waals surface area contributed by atoms with Crippen molar-refractivity contribution in [1.29, 1.82) is 0 Å². The molecule has 0 aliphatic heterocycles. The fraction of sp³-hybridized carbons (Fsp3) is 0.267. The molecule has 0 aliphatic carbocycles. The lowest BCUT2D eigenvalue weighted by Crippen LogP contribution is -2.26. The van der Waals surface area contributed by atoms with E-state index in [9.17, 15) is 4.79 Å². The summed E-state index contributed by atoms with van der Waals surface area (Å²) in [6.07, 6.45) is 1.73. The first kappa shape index (κ1) is 14.1. The lowest BCUT2D eigenvalue weighted by molar-refractivity contribution is -0.119. The molecule has 1 atom stereocenters. The Morgan fingerprint density at radius 2 is 2.00 bits per heavy atom. The molecule has 1 heterocycles. The Hall–Kier alpha value is -2.27. The van der Waals surface area contributed by atoms with Crippen LogP contribution >= 0.6 is 0 Å². The van der Waals surface area contributed by atoms with Gasteiger partial charge in [-0.3, -0.25) is 4.79 Å². The van der Waals surface area contributed by atoms with Crippen molar-refractivity contribution in [3.8, 4) is 11.4 Å². The Labute approximate surface area is 118 Å². The van der Waals surface area contributed by atoms with Crippen molar-refractivity contribution in [3.63, 3.8) is 0 Å². The Balaban J connectivity index is 2.12. The maximum atomic E-state index is 11.7. The van der Waals surface area contributed by atoms with Crippen molar-refractivity contribution >= 4 is 11.6 Å². The number of amides is 1. The number of nitrogens with two attached hydrogens (primary N) is 1. The van der Waals surface area contributed by atoms with Gasteiger partial charge < -0.3 is 11.1 Å². The summed E-state index contributed by atoms with van der Waals surface area (Å²) < 4.78 is 0. The van der Waals surface area contributed by atoms with Crippen molar-refractivity contribution in [2.24, 2.45) is 11.7 Å². The quantitative estimate of drug-likeness (QED) is 0.890. The van der Waals surface area contributed by atoms with Crippen LogP contribution in [-0.4, -0.2) is 22.4 Å². The van der Waals surface area contributed by atoms with Crippen LogP contribution in [0.4, 0.5) is 5.69 Å². The molecule has 1 aromatic carbocycles. The summed E-state index contributed by atoms with van der Waals surface area (Å²) in [6, 6.07) is 9.30. The molecule has 2 rings (SSSR count). The fourth-order valence-electron chi connectivity index (χ4n) is 1.66. The minimum atomic E-state index is -0.199. The molecule has 5 nitrogen and oxygen atoms in total. The topological polar surface area (TPSA) is 80.9 Å². The SMILES string of the molecule is Cc1ccnc(-c2ccc(NC(=O)C(C)CN)cc2)n1. The van der Waals surface area contributed by atoms with Crippen LogP contribution < -0.4 is 11.1 Å². The maximum absolute atomic E-state index is 11.7. The summed E-state index contributed by atoms with van der Waals surface area (Å²) >= 11 is 0. The van der Waals surface area contributed by atoms with Crippen molar-refractivity contribution < 1.29 is 4.79 Å². The average molecular weight is 270 g/mol. The van der Waals surface area contributed by atoms with Gasteiger partial charge in [0.15, 0.2) is 5.82 Å². The van der Waals surface area contributed by atoms with Gasteiger partial charge in [0.05, 0.1) is 0 Å². The number of hydrogen-bond acceptors (Lipinski definition) is 4. The standard InChI is InChI=1S/C15H18N4O/c1-10(9-16)15(20)19-13-5-3-12(4-6-13)14-17-8-7-11(2)18-14/h3-8,10H,9,16H2,1-2H3,(H,19,20). The van der Waals surface area contributed by atoms with Gasteiger partial charge in [-0.25, -0.2) is 9.97 Å². The molecule has 0 radical (unpaired) electrons. The number of rotatable bonds is 4. The second kappa shape index (κ2) is 6.25. The highest BCUT2D eigenvalue weighted by molar-refractivity contribution is 5.92. The summed E-state index contributed by atoms with van der Waals surface area (Å²) in [5.41, 5.74) is 8.04. The van der Waals surface area contributed by atoms with Gasteiger partial charge in [-0.05, 0) is 37.3 Å². The van der Waals surface area contributed by atoms with Crippen LogP contribution in [-0.2, 0) is 4.79 Å². The van der Waals surface area contributed by atoms with Crippen LogP contribution in [0.15, 0.2) is 36.5 Å². The molecule has 0 saturated heterocycles. The minimum absolute atomic E-state index is 0.0768. The highest BCUT2D eigenvalue weighted by atomic mass is 16.1. The predicted molar refractivity (Wildman–Crippen MR) is 79.1 cm³/mol. The lowest BCUT2D eigenvalue weighted by atomic mass is 10.1. The molecule has 0 aliphatic rings.